The lowest BCUT2D eigenvalue weighted by Gasteiger charge is -2.36. The molecule has 1 heterocycles. The molecule has 0 saturated heterocycles. The molecule has 0 aliphatic carbocycles. The van der Waals surface area contributed by atoms with Gasteiger partial charge in [-0.05, 0) is 17.5 Å². The van der Waals surface area contributed by atoms with Crippen LogP contribution in [0.4, 0.5) is 0 Å². The molecule has 0 aromatic heterocycles. The highest BCUT2D eigenvalue weighted by Crippen LogP contribution is 2.28. The lowest BCUT2D eigenvalue weighted by Crippen LogP contribution is -2.40. The Morgan fingerprint density at radius 2 is 2.20 bits per heavy atom. The van der Waals surface area contributed by atoms with E-state index in [1.165, 1.54) is 11.1 Å². The number of aliphatic hydroxyl groups is 1. The van der Waals surface area contributed by atoms with Crippen LogP contribution >= 0.6 is 0 Å². The fraction of sp³-hybridized carbons (Fsp3) is 0.500. The highest BCUT2D eigenvalue weighted by Gasteiger charge is 2.24. The van der Waals surface area contributed by atoms with Crippen molar-refractivity contribution in [3.8, 4) is 0 Å². The van der Waals surface area contributed by atoms with Crippen molar-refractivity contribution in [2.45, 2.75) is 12.5 Å². The molecule has 82 valence electrons. The predicted octanol–water partition coefficient (Wildman–Crippen LogP) is 0.537. The number of nitrogens with zero attached hydrogens (tertiary/aromatic N) is 1. The molecule has 0 spiro atoms. The molecule has 1 atom stereocenters. The maximum Gasteiger partial charge on any atom is 0.0558 e. The van der Waals surface area contributed by atoms with Crippen molar-refractivity contribution in [1.29, 1.82) is 0 Å². The second kappa shape index (κ2) is 4.75. The summed E-state index contributed by atoms with van der Waals surface area (Å²) in [4.78, 5) is 2.27. The monoisotopic (exact) mass is 206 g/mol. The summed E-state index contributed by atoms with van der Waals surface area (Å²) in [7, 11) is 0. The Hall–Kier alpha value is -0.900. The van der Waals surface area contributed by atoms with Crippen LogP contribution in [0.5, 0.6) is 0 Å². The van der Waals surface area contributed by atoms with Crippen LogP contribution in [0.1, 0.15) is 17.2 Å². The lowest BCUT2D eigenvalue weighted by atomic mass is 9.93. The van der Waals surface area contributed by atoms with Gasteiger partial charge in [-0.2, -0.15) is 0 Å². The molecule has 0 amide bonds. The minimum Gasteiger partial charge on any atom is -0.395 e. The minimum absolute atomic E-state index is 0.207. The van der Waals surface area contributed by atoms with Crippen LogP contribution in [-0.2, 0) is 6.42 Å². The number of β-amino-alcohol motifs (C(OH)–C–C–N with tert-alkyl or cyclic N) is 1. The molecule has 2 rings (SSSR count). The van der Waals surface area contributed by atoms with Gasteiger partial charge in [0, 0.05) is 25.7 Å². The van der Waals surface area contributed by atoms with Crippen molar-refractivity contribution >= 4 is 0 Å². The summed E-state index contributed by atoms with van der Waals surface area (Å²) in [5.41, 5.74) is 8.55. The predicted molar refractivity (Wildman–Crippen MR) is 60.6 cm³/mol. The number of fused-ring (bicyclic) bond motifs is 1. The highest BCUT2D eigenvalue weighted by atomic mass is 16.3. The van der Waals surface area contributed by atoms with Gasteiger partial charge >= 0.3 is 0 Å². The molecule has 0 radical (unpaired) electrons. The SMILES string of the molecule is NC[C@H]1c2ccccc2CCN1CCO. The van der Waals surface area contributed by atoms with Crippen molar-refractivity contribution in [2.24, 2.45) is 5.73 Å². The van der Waals surface area contributed by atoms with Crippen LogP contribution in [0.15, 0.2) is 24.3 Å². The topological polar surface area (TPSA) is 49.5 Å². The molecule has 0 saturated carbocycles. The summed E-state index contributed by atoms with van der Waals surface area (Å²) in [6.45, 7) is 2.55. The van der Waals surface area contributed by atoms with E-state index in [0.29, 0.717) is 6.54 Å². The molecule has 0 bridgehead atoms. The largest absolute Gasteiger partial charge is 0.395 e. The van der Waals surface area contributed by atoms with Crippen LogP contribution in [0, 0.1) is 0 Å². The Bertz CT molecular complexity index is 327. The van der Waals surface area contributed by atoms with Gasteiger partial charge in [0.25, 0.3) is 0 Å². The summed E-state index contributed by atoms with van der Waals surface area (Å²) >= 11 is 0. The smallest absolute Gasteiger partial charge is 0.0558 e. The molecule has 3 N–H and O–H groups in total. The van der Waals surface area contributed by atoms with Crippen molar-refractivity contribution in [3.05, 3.63) is 35.4 Å². The van der Waals surface area contributed by atoms with E-state index in [1.54, 1.807) is 0 Å². The number of aliphatic hydroxyl groups excluding tert-OH is 1. The van der Waals surface area contributed by atoms with E-state index in [4.69, 9.17) is 10.8 Å². The minimum atomic E-state index is 0.207. The standard InChI is InChI=1S/C12H18N2O/c13-9-12-11-4-2-1-3-10(11)5-6-14(12)7-8-15/h1-4,12,15H,5-9,13H2/t12-/m0/s1. The Balaban J connectivity index is 2.26. The van der Waals surface area contributed by atoms with Gasteiger partial charge in [0.2, 0.25) is 0 Å². The summed E-state index contributed by atoms with van der Waals surface area (Å²) in [6, 6.07) is 8.74. The maximum atomic E-state index is 9.00. The first-order valence-electron chi connectivity index (χ1n) is 5.49. The second-order valence-corrected chi connectivity index (χ2v) is 3.96. The van der Waals surface area contributed by atoms with Gasteiger partial charge in [-0.1, -0.05) is 24.3 Å². The van der Waals surface area contributed by atoms with Crippen LogP contribution in [0.25, 0.3) is 0 Å². The summed E-state index contributed by atoms with van der Waals surface area (Å²) in [5.74, 6) is 0. The van der Waals surface area contributed by atoms with E-state index in [1.807, 2.05) is 0 Å². The molecule has 0 unspecified atom stereocenters. The van der Waals surface area contributed by atoms with E-state index in [2.05, 4.69) is 29.2 Å². The van der Waals surface area contributed by atoms with Gasteiger partial charge in [-0.3, -0.25) is 4.90 Å². The van der Waals surface area contributed by atoms with Gasteiger partial charge < -0.3 is 10.8 Å². The zero-order valence-corrected chi connectivity index (χ0v) is 8.89. The quantitative estimate of drug-likeness (QED) is 0.758. The Morgan fingerprint density at radius 1 is 1.40 bits per heavy atom. The molecule has 1 aromatic carbocycles. The van der Waals surface area contributed by atoms with Gasteiger partial charge in [0.1, 0.15) is 0 Å². The third kappa shape index (κ3) is 2.04. The molecule has 3 nitrogen and oxygen atoms in total. The van der Waals surface area contributed by atoms with Gasteiger partial charge in [-0.15, -0.1) is 0 Å². The van der Waals surface area contributed by atoms with E-state index in [0.717, 1.165) is 19.5 Å². The second-order valence-electron chi connectivity index (χ2n) is 3.96. The number of hydrogen-bond donors (Lipinski definition) is 2. The zero-order chi connectivity index (χ0) is 10.7. The van der Waals surface area contributed by atoms with Crippen LogP contribution in [0.2, 0.25) is 0 Å². The lowest BCUT2D eigenvalue weighted by molar-refractivity contribution is 0.145. The zero-order valence-electron chi connectivity index (χ0n) is 8.89. The molecule has 1 aliphatic heterocycles. The number of benzene rings is 1. The Kier molecular flexibility index (Phi) is 3.36. The highest BCUT2D eigenvalue weighted by molar-refractivity contribution is 5.32. The average molecular weight is 206 g/mol. The normalized spacial score (nSPS) is 21.3. The number of rotatable bonds is 3. The fourth-order valence-corrected chi connectivity index (χ4v) is 2.38. The van der Waals surface area contributed by atoms with Crippen molar-refractivity contribution in [2.75, 3.05) is 26.2 Å². The van der Waals surface area contributed by atoms with Crippen molar-refractivity contribution in [3.63, 3.8) is 0 Å². The van der Waals surface area contributed by atoms with E-state index >= 15 is 0 Å². The molecule has 1 aromatic rings. The van der Waals surface area contributed by atoms with Crippen molar-refractivity contribution < 1.29 is 5.11 Å². The summed E-state index contributed by atoms with van der Waals surface area (Å²) in [5, 5.41) is 9.00. The average Bonchev–Trinajstić information content (AvgIpc) is 2.29. The van der Waals surface area contributed by atoms with Crippen LogP contribution < -0.4 is 5.73 Å². The molecular formula is C12H18N2O. The van der Waals surface area contributed by atoms with E-state index in [-0.39, 0.29) is 12.6 Å². The molecular weight excluding hydrogens is 188 g/mol. The molecule has 0 fully saturated rings. The summed E-state index contributed by atoms with van der Waals surface area (Å²) in [6.07, 6.45) is 1.06. The first-order chi connectivity index (χ1) is 7.36. The van der Waals surface area contributed by atoms with E-state index < -0.39 is 0 Å². The molecule has 3 heteroatoms. The van der Waals surface area contributed by atoms with Gasteiger partial charge in [0.05, 0.1) is 6.61 Å². The summed E-state index contributed by atoms with van der Waals surface area (Å²) < 4.78 is 0. The molecule has 15 heavy (non-hydrogen) atoms. The molecule has 1 aliphatic rings. The van der Waals surface area contributed by atoms with Gasteiger partial charge in [0.15, 0.2) is 0 Å². The van der Waals surface area contributed by atoms with Crippen LogP contribution in [-0.4, -0.2) is 36.2 Å². The third-order valence-electron chi connectivity index (χ3n) is 3.13. The fourth-order valence-electron chi connectivity index (χ4n) is 2.38. The van der Waals surface area contributed by atoms with Gasteiger partial charge in [-0.25, -0.2) is 0 Å². The Morgan fingerprint density at radius 3 is 2.93 bits per heavy atom. The number of nitrogens with two attached hydrogens (primary N) is 1. The third-order valence-corrected chi connectivity index (χ3v) is 3.13. The first-order valence-corrected chi connectivity index (χ1v) is 5.49. The van der Waals surface area contributed by atoms with E-state index in [9.17, 15) is 0 Å². The Labute approximate surface area is 90.5 Å². The number of hydrogen-bond acceptors (Lipinski definition) is 3. The first kappa shape index (κ1) is 10.6. The van der Waals surface area contributed by atoms with Crippen LogP contribution in [0.3, 0.4) is 0 Å². The maximum absolute atomic E-state index is 9.00. The van der Waals surface area contributed by atoms with Crippen molar-refractivity contribution in [1.82, 2.24) is 4.90 Å².